The molecule has 1 N–H and O–H groups in total. The normalized spacial score (nSPS) is 26.1. The fourth-order valence-corrected chi connectivity index (χ4v) is 3.61. The van der Waals surface area contributed by atoms with Crippen LogP contribution in [0, 0.1) is 5.92 Å². The van der Waals surface area contributed by atoms with Crippen LogP contribution in [0.4, 0.5) is 0 Å². The SMILES string of the molecule is Brc1ccc(-c2nnc(CN3C[C@@H]4CCCN[C@@H]4C3)o2)o1. The van der Waals surface area contributed by atoms with Gasteiger partial charge < -0.3 is 14.2 Å². The van der Waals surface area contributed by atoms with Gasteiger partial charge in [-0.05, 0) is 53.4 Å². The zero-order chi connectivity index (χ0) is 14.2. The van der Waals surface area contributed by atoms with E-state index in [0.717, 1.165) is 25.6 Å². The van der Waals surface area contributed by atoms with Crippen molar-refractivity contribution < 1.29 is 8.83 Å². The number of likely N-dealkylation sites (tertiary alicyclic amines) is 1. The molecule has 4 heterocycles. The van der Waals surface area contributed by atoms with Crippen molar-refractivity contribution in [2.24, 2.45) is 5.92 Å². The third-order valence-electron chi connectivity index (χ3n) is 4.28. The molecule has 6 nitrogen and oxygen atoms in total. The lowest BCUT2D eigenvalue weighted by molar-refractivity contribution is 0.279. The summed E-state index contributed by atoms with van der Waals surface area (Å²) in [6.45, 7) is 4.03. The van der Waals surface area contributed by atoms with Crippen LogP contribution in [0.3, 0.4) is 0 Å². The number of aromatic nitrogens is 2. The van der Waals surface area contributed by atoms with Crippen LogP contribution in [0.25, 0.3) is 11.7 Å². The molecule has 2 aromatic rings. The molecule has 2 saturated heterocycles. The molecular formula is C14H17BrN4O2. The molecule has 2 aliphatic heterocycles. The number of halogens is 1. The summed E-state index contributed by atoms with van der Waals surface area (Å²) in [5, 5.41) is 11.8. The van der Waals surface area contributed by atoms with Crippen LogP contribution in [-0.2, 0) is 6.54 Å². The molecule has 21 heavy (non-hydrogen) atoms. The number of rotatable bonds is 3. The molecule has 2 fully saturated rings. The summed E-state index contributed by atoms with van der Waals surface area (Å²) in [6, 6.07) is 4.26. The minimum absolute atomic E-state index is 0.436. The molecule has 0 spiro atoms. The summed E-state index contributed by atoms with van der Waals surface area (Å²) in [6.07, 6.45) is 2.61. The number of piperidine rings is 1. The van der Waals surface area contributed by atoms with Crippen molar-refractivity contribution in [2.45, 2.75) is 25.4 Å². The first-order valence-electron chi connectivity index (χ1n) is 7.32. The van der Waals surface area contributed by atoms with Gasteiger partial charge in [-0.25, -0.2) is 0 Å². The van der Waals surface area contributed by atoms with Crippen LogP contribution in [0.15, 0.2) is 25.6 Å². The highest BCUT2D eigenvalue weighted by Crippen LogP contribution is 2.27. The Hall–Kier alpha value is -1.18. The van der Waals surface area contributed by atoms with E-state index in [1.165, 1.54) is 12.8 Å². The Morgan fingerprint density at radius 1 is 1.29 bits per heavy atom. The lowest BCUT2D eigenvalue weighted by Crippen LogP contribution is -2.40. The van der Waals surface area contributed by atoms with Gasteiger partial charge in [0.05, 0.1) is 6.54 Å². The summed E-state index contributed by atoms with van der Waals surface area (Å²) in [7, 11) is 0. The first-order valence-corrected chi connectivity index (χ1v) is 8.11. The Morgan fingerprint density at radius 3 is 3.05 bits per heavy atom. The molecule has 7 heteroatoms. The van der Waals surface area contributed by atoms with Gasteiger partial charge in [0.1, 0.15) is 0 Å². The Balaban J connectivity index is 1.43. The predicted molar refractivity (Wildman–Crippen MR) is 79.5 cm³/mol. The number of fused-ring (bicyclic) bond motifs is 1. The van der Waals surface area contributed by atoms with E-state index in [1.807, 2.05) is 12.1 Å². The van der Waals surface area contributed by atoms with Gasteiger partial charge in [-0.3, -0.25) is 4.90 Å². The second kappa shape index (κ2) is 5.55. The van der Waals surface area contributed by atoms with Gasteiger partial charge in [0, 0.05) is 19.1 Å². The molecule has 112 valence electrons. The van der Waals surface area contributed by atoms with Crippen molar-refractivity contribution in [3.63, 3.8) is 0 Å². The topological polar surface area (TPSA) is 67.3 Å². The fourth-order valence-electron chi connectivity index (χ4n) is 3.30. The van der Waals surface area contributed by atoms with Gasteiger partial charge in [-0.1, -0.05) is 0 Å². The maximum absolute atomic E-state index is 5.70. The van der Waals surface area contributed by atoms with E-state index in [1.54, 1.807) is 0 Å². The van der Waals surface area contributed by atoms with Gasteiger partial charge in [0.25, 0.3) is 5.89 Å². The smallest absolute Gasteiger partial charge is 0.283 e. The minimum Gasteiger partial charge on any atom is -0.444 e. The molecule has 0 bridgehead atoms. The molecule has 0 aromatic carbocycles. The molecule has 2 atom stereocenters. The number of hydrogen-bond donors (Lipinski definition) is 1. The van der Waals surface area contributed by atoms with Gasteiger partial charge in [0.15, 0.2) is 10.4 Å². The standard InChI is InChI=1S/C14H17BrN4O2/c15-12-4-3-11(20-12)14-18-17-13(21-14)8-19-6-9-2-1-5-16-10(9)7-19/h3-4,9-10,16H,1-2,5-8H2/t9-,10+/m0/s1. The zero-order valence-corrected chi connectivity index (χ0v) is 13.2. The predicted octanol–water partition coefficient (Wildman–Crippen LogP) is 2.28. The number of furan rings is 1. The highest BCUT2D eigenvalue weighted by atomic mass is 79.9. The molecule has 0 radical (unpaired) electrons. The van der Waals surface area contributed by atoms with E-state index >= 15 is 0 Å². The molecule has 0 amide bonds. The average Bonchev–Trinajstić information content (AvgIpc) is 3.17. The molecule has 0 unspecified atom stereocenters. The van der Waals surface area contributed by atoms with Gasteiger partial charge in [0.2, 0.25) is 5.89 Å². The van der Waals surface area contributed by atoms with E-state index in [9.17, 15) is 0 Å². The van der Waals surface area contributed by atoms with E-state index < -0.39 is 0 Å². The second-order valence-corrected chi connectivity index (χ2v) is 6.54. The lowest BCUT2D eigenvalue weighted by atomic mass is 9.94. The summed E-state index contributed by atoms with van der Waals surface area (Å²) in [4.78, 5) is 2.39. The molecule has 2 aliphatic rings. The summed E-state index contributed by atoms with van der Waals surface area (Å²) in [5.74, 6) is 2.45. The van der Waals surface area contributed by atoms with Crippen molar-refractivity contribution in [1.29, 1.82) is 0 Å². The number of hydrogen-bond acceptors (Lipinski definition) is 6. The van der Waals surface area contributed by atoms with E-state index in [0.29, 0.717) is 34.8 Å². The highest BCUT2D eigenvalue weighted by Gasteiger charge is 2.34. The minimum atomic E-state index is 0.436. The largest absolute Gasteiger partial charge is 0.444 e. The Bertz CT molecular complexity index is 612. The van der Waals surface area contributed by atoms with E-state index in [2.05, 4.69) is 36.3 Å². The molecule has 0 aliphatic carbocycles. The molecule has 2 aromatic heterocycles. The van der Waals surface area contributed by atoms with Crippen LogP contribution >= 0.6 is 15.9 Å². The van der Waals surface area contributed by atoms with Crippen LogP contribution in [0.2, 0.25) is 0 Å². The van der Waals surface area contributed by atoms with E-state index in [-0.39, 0.29) is 0 Å². The summed E-state index contributed by atoms with van der Waals surface area (Å²) >= 11 is 3.27. The van der Waals surface area contributed by atoms with Gasteiger partial charge in [-0.2, -0.15) is 0 Å². The van der Waals surface area contributed by atoms with Crippen LogP contribution in [0.5, 0.6) is 0 Å². The first-order chi connectivity index (χ1) is 10.3. The number of nitrogens with zero attached hydrogens (tertiary/aromatic N) is 3. The zero-order valence-electron chi connectivity index (χ0n) is 11.6. The first kappa shape index (κ1) is 13.5. The van der Waals surface area contributed by atoms with Gasteiger partial charge in [-0.15, -0.1) is 10.2 Å². The summed E-state index contributed by atoms with van der Waals surface area (Å²) in [5.41, 5.74) is 0. The molecule has 0 saturated carbocycles. The lowest BCUT2D eigenvalue weighted by Gasteiger charge is -2.24. The number of nitrogens with one attached hydrogen (secondary N) is 1. The van der Waals surface area contributed by atoms with E-state index in [4.69, 9.17) is 8.83 Å². The third kappa shape index (κ3) is 2.77. The van der Waals surface area contributed by atoms with Crippen molar-refractivity contribution in [3.05, 3.63) is 22.7 Å². The highest BCUT2D eigenvalue weighted by molar-refractivity contribution is 9.10. The maximum Gasteiger partial charge on any atom is 0.283 e. The Labute approximate surface area is 131 Å². The monoisotopic (exact) mass is 352 g/mol. The average molecular weight is 353 g/mol. The van der Waals surface area contributed by atoms with Crippen molar-refractivity contribution >= 4 is 15.9 Å². The van der Waals surface area contributed by atoms with Crippen molar-refractivity contribution in [1.82, 2.24) is 20.4 Å². The van der Waals surface area contributed by atoms with Crippen LogP contribution in [-0.4, -0.2) is 40.8 Å². The van der Waals surface area contributed by atoms with Gasteiger partial charge >= 0.3 is 0 Å². The Morgan fingerprint density at radius 2 is 2.24 bits per heavy atom. The fraction of sp³-hybridized carbons (Fsp3) is 0.571. The maximum atomic E-state index is 5.70. The van der Waals surface area contributed by atoms with Crippen molar-refractivity contribution in [3.8, 4) is 11.7 Å². The second-order valence-electron chi connectivity index (χ2n) is 5.76. The third-order valence-corrected chi connectivity index (χ3v) is 4.71. The Kier molecular flexibility index (Phi) is 3.56. The molecule has 4 rings (SSSR count). The van der Waals surface area contributed by atoms with Crippen LogP contribution in [0.1, 0.15) is 18.7 Å². The molecular weight excluding hydrogens is 336 g/mol. The quantitative estimate of drug-likeness (QED) is 0.913. The summed E-state index contributed by atoms with van der Waals surface area (Å²) < 4.78 is 11.8. The van der Waals surface area contributed by atoms with Crippen molar-refractivity contribution in [2.75, 3.05) is 19.6 Å². The van der Waals surface area contributed by atoms with Crippen LogP contribution < -0.4 is 5.32 Å².